The summed E-state index contributed by atoms with van der Waals surface area (Å²) in [4.78, 5) is 29.8. The highest BCUT2D eigenvalue weighted by Gasteiger charge is 2.15. The molecular weight excluding hydrogens is 771 g/mol. The first-order valence-electron chi connectivity index (χ1n) is 26.7. The second-order valence-corrected chi connectivity index (χ2v) is 17.9. The predicted octanol–water partition coefficient (Wildman–Crippen LogP) is 14.1. The van der Waals surface area contributed by atoms with Gasteiger partial charge in [0, 0.05) is 33.3 Å². The number of hydrogen-bond donors (Lipinski definition) is 3. The standard InChI is InChI=1S/C41H83N5O2.C12H24O2/c1-6-9-12-15-19-24-30-38(31-25-20-16-13-10-7-2)48-40(47)32-26-21-18-23-28-35-46(34-27-22-17-14-11-8-3)36-29-33-45-39(37-42)41(43-4)44-5;1-3-5-6-7-8-9-10-12(4-2)14-11-13/h37-38,45H,6-36,42H2,1-5H3,(H,43,44);11-12H,3-10H2,1-2H3/b39-37+;. The maximum atomic E-state index is 12.8. The Morgan fingerprint density at radius 2 is 0.984 bits per heavy atom. The number of nitrogens with two attached hydrogens (primary N) is 1. The average molecular weight is 878 g/mol. The first-order chi connectivity index (χ1) is 30.4. The van der Waals surface area contributed by atoms with Crippen LogP contribution in [0.3, 0.4) is 0 Å². The first kappa shape index (κ1) is 61.8. The molecule has 0 radical (unpaired) electrons. The molecule has 62 heavy (non-hydrogen) atoms. The molecule has 0 rings (SSSR count). The van der Waals surface area contributed by atoms with Gasteiger partial charge < -0.3 is 30.7 Å². The highest BCUT2D eigenvalue weighted by molar-refractivity contribution is 5.97. The fourth-order valence-corrected chi connectivity index (χ4v) is 8.11. The lowest BCUT2D eigenvalue weighted by Gasteiger charge is -2.23. The van der Waals surface area contributed by atoms with E-state index in [-0.39, 0.29) is 18.2 Å². The van der Waals surface area contributed by atoms with Gasteiger partial charge >= 0.3 is 5.97 Å². The van der Waals surface area contributed by atoms with E-state index in [4.69, 9.17) is 15.2 Å². The highest BCUT2D eigenvalue weighted by atomic mass is 16.5. The number of carbonyl (C=O) groups excluding carboxylic acids is 2. The van der Waals surface area contributed by atoms with E-state index in [0.29, 0.717) is 12.9 Å². The Bertz CT molecular complexity index is 977. The van der Waals surface area contributed by atoms with Gasteiger partial charge in [0.05, 0.1) is 5.70 Å². The zero-order chi connectivity index (χ0) is 46.0. The predicted molar refractivity (Wildman–Crippen MR) is 270 cm³/mol. The maximum Gasteiger partial charge on any atom is 0.306 e. The Kier molecular flexibility index (Phi) is 51.2. The number of nitrogens with one attached hydrogen (secondary N) is 2. The van der Waals surface area contributed by atoms with Gasteiger partial charge in [-0.25, -0.2) is 0 Å². The fourth-order valence-electron chi connectivity index (χ4n) is 8.11. The lowest BCUT2D eigenvalue weighted by Crippen LogP contribution is -2.33. The quantitative estimate of drug-likeness (QED) is 0.0182. The molecule has 0 saturated carbocycles. The number of rotatable bonds is 46. The molecule has 0 aliphatic rings. The summed E-state index contributed by atoms with van der Waals surface area (Å²) in [6.07, 6.45) is 44.7. The summed E-state index contributed by atoms with van der Waals surface area (Å²) >= 11 is 0. The Labute approximate surface area is 386 Å². The molecule has 0 aromatic rings. The van der Waals surface area contributed by atoms with Crippen molar-refractivity contribution in [2.75, 3.05) is 40.3 Å². The Morgan fingerprint density at radius 1 is 0.581 bits per heavy atom. The number of hydrogen-bond acceptors (Lipinski definition) is 8. The summed E-state index contributed by atoms with van der Waals surface area (Å²) in [5, 5.41) is 6.54. The third-order valence-electron chi connectivity index (χ3n) is 12.2. The molecule has 0 saturated heterocycles. The van der Waals surface area contributed by atoms with Crippen LogP contribution in [-0.2, 0) is 19.1 Å². The van der Waals surface area contributed by atoms with Gasteiger partial charge in [-0.15, -0.1) is 0 Å². The summed E-state index contributed by atoms with van der Waals surface area (Å²) in [5.74, 6) is 0.825. The molecule has 9 nitrogen and oxygen atoms in total. The molecule has 0 aliphatic heterocycles. The van der Waals surface area contributed by atoms with Crippen LogP contribution in [0.1, 0.15) is 259 Å². The van der Waals surface area contributed by atoms with E-state index in [9.17, 15) is 9.59 Å². The van der Waals surface area contributed by atoms with Crippen molar-refractivity contribution in [3.05, 3.63) is 11.9 Å². The van der Waals surface area contributed by atoms with Crippen molar-refractivity contribution < 1.29 is 19.1 Å². The van der Waals surface area contributed by atoms with E-state index in [0.717, 1.165) is 76.1 Å². The smallest absolute Gasteiger partial charge is 0.306 e. The molecule has 0 fully saturated rings. The maximum absolute atomic E-state index is 12.8. The van der Waals surface area contributed by atoms with Crippen LogP contribution in [0.5, 0.6) is 0 Å². The summed E-state index contributed by atoms with van der Waals surface area (Å²) in [7, 11) is 3.64. The van der Waals surface area contributed by atoms with Crippen molar-refractivity contribution in [3.8, 4) is 0 Å². The van der Waals surface area contributed by atoms with E-state index in [1.807, 2.05) is 7.05 Å². The van der Waals surface area contributed by atoms with E-state index >= 15 is 0 Å². The van der Waals surface area contributed by atoms with Gasteiger partial charge in [0.2, 0.25) is 0 Å². The lowest BCUT2D eigenvalue weighted by molar-refractivity contribution is -0.150. The summed E-state index contributed by atoms with van der Waals surface area (Å²) in [5.41, 5.74) is 6.68. The van der Waals surface area contributed by atoms with Crippen molar-refractivity contribution in [3.63, 3.8) is 0 Å². The lowest BCUT2D eigenvalue weighted by atomic mass is 10.0. The average Bonchev–Trinajstić information content (AvgIpc) is 3.28. The van der Waals surface area contributed by atoms with Crippen molar-refractivity contribution in [2.45, 2.75) is 272 Å². The number of likely N-dealkylation sites (N-methyl/N-ethyl adjacent to an activating group) is 1. The third-order valence-corrected chi connectivity index (χ3v) is 12.2. The van der Waals surface area contributed by atoms with Crippen molar-refractivity contribution >= 4 is 18.3 Å². The van der Waals surface area contributed by atoms with Gasteiger partial charge in [0.15, 0.2) is 0 Å². The third kappa shape index (κ3) is 43.0. The molecule has 0 spiro atoms. The zero-order valence-electron chi connectivity index (χ0n) is 42.5. The van der Waals surface area contributed by atoms with Crippen molar-refractivity contribution in [1.29, 1.82) is 0 Å². The Morgan fingerprint density at radius 3 is 1.39 bits per heavy atom. The van der Waals surface area contributed by atoms with Gasteiger partial charge in [-0.05, 0) is 90.3 Å². The molecule has 0 bridgehead atoms. The Hall–Kier alpha value is -2.29. The van der Waals surface area contributed by atoms with Gasteiger partial charge in [-0.2, -0.15) is 0 Å². The van der Waals surface area contributed by atoms with E-state index in [1.165, 1.54) is 180 Å². The molecule has 4 N–H and O–H groups in total. The minimum absolute atomic E-state index is 0.0374. The number of esters is 1. The molecule has 9 heteroatoms. The zero-order valence-corrected chi connectivity index (χ0v) is 42.5. The van der Waals surface area contributed by atoms with Crippen LogP contribution in [0.15, 0.2) is 16.9 Å². The minimum Gasteiger partial charge on any atom is -0.465 e. The molecule has 1 unspecified atom stereocenters. The second kappa shape index (κ2) is 51.3. The molecule has 0 aromatic heterocycles. The van der Waals surface area contributed by atoms with Crippen LogP contribution < -0.4 is 16.4 Å². The fraction of sp³-hybridized carbons (Fsp3) is 0.906. The van der Waals surface area contributed by atoms with E-state index in [1.54, 1.807) is 13.2 Å². The van der Waals surface area contributed by atoms with Gasteiger partial charge in [0.25, 0.3) is 6.47 Å². The number of unbranched alkanes of at least 4 members (excludes halogenated alkanes) is 24. The van der Waals surface area contributed by atoms with Gasteiger partial charge in [0.1, 0.15) is 18.0 Å². The summed E-state index contributed by atoms with van der Waals surface area (Å²) < 4.78 is 11.0. The minimum atomic E-state index is 0.0374. The molecule has 0 aromatic carbocycles. The number of ether oxygens (including phenoxy) is 2. The Balaban J connectivity index is 0. The SMILES string of the molecule is CCCCCCCCC(CC)OC=O.CCCCCCCCC(CCCCCCCC)OC(=O)CCCCCCCN(CCCCCCCC)CCCN/C(=C/N)C(=NC)NC. The molecule has 0 heterocycles. The van der Waals surface area contributed by atoms with Crippen LogP contribution in [-0.4, -0.2) is 75.7 Å². The highest BCUT2D eigenvalue weighted by Crippen LogP contribution is 2.19. The molecular formula is C53H107N5O4. The second-order valence-electron chi connectivity index (χ2n) is 17.9. The number of aliphatic imine (C=N–C) groups is 1. The van der Waals surface area contributed by atoms with Crippen LogP contribution >= 0.6 is 0 Å². The first-order valence-corrected chi connectivity index (χ1v) is 26.7. The molecule has 0 amide bonds. The molecule has 368 valence electrons. The van der Waals surface area contributed by atoms with Crippen molar-refractivity contribution in [2.24, 2.45) is 10.7 Å². The number of nitrogens with zero attached hydrogens (tertiary/aromatic N) is 2. The molecule has 0 aliphatic carbocycles. The number of amidine groups is 1. The van der Waals surface area contributed by atoms with Gasteiger partial charge in [-0.1, -0.05) is 182 Å². The van der Waals surface area contributed by atoms with Crippen LogP contribution in [0, 0.1) is 0 Å². The molecule has 1 atom stereocenters. The van der Waals surface area contributed by atoms with E-state index < -0.39 is 0 Å². The topological polar surface area (TPSA) is 118 Å². The summed E-state index contributed by atoms with van der Waals surface area (Å²) in [6.45, 7) is 16.0. The van der Waals surface area contributed by atoms with Crippen LogP contribution in [0.2, 0.25) is 0 Å². The largest absolute Gasteiger partial charge is 0.465 e. The summed E-state index contributed by atoms with van der Waals surface area (Å²) in [6, 6.07) is 0. The van der Waals surface area contributed by atoms with Gasteiger partial charge in [-0.3, -0.25) is 14.6 Å². The monoisotopic (exact) mass is 878 g/mol. The van der Waals surface area contributed by atoms with E-state index in [2.05, 4.69) is 55.1 Å². The van der Waals surface area contributed by atoms with Crippen molar-refractivity contribution in [1.82, 2.24) is 15.5 Å². The number of carbonyl (C=O) groups is 2. The van der Waals surface area contributed by atoms with Crippen LogP contribution in [0.25, 0.3) is 0 Å². The normalized spacial score (nSPS) is 12.3. The van der Waals surface area contributed by atoms with Crippen LogP contribution in [0.4, 0.5) is 0 Å².